The highest BCUT2D eigenvalue weighted by atomic mass is 35.5. The van der Waals surface area contributed by atoms with E-state index < -0.39 is 5.82 Å². The molecule has 0 saturated heterocycles. The lowest BCUT2D eigenvalue weighted by Gasteiger charge is -2.15. The van der Waals surface area contributed by atoms with Gasteiger partial charge in [-0.15, -0.1) is 5.10 Å². The van der Waals surface area contributed by atoms with Crippen molar-refractivity contribution in [1.29, 1.82) is 0 Å². The zero-order valence-corrected chi connectivity index (χ0v) is 12.6. The van der Waals surface area contributed by atoms with Gasteiger partial charge in [-0.05, 0) is 42.1 Å². The van der Waals surface area contributed by atoms with Crippen molar-refractivity contribution in [2.45, 2.75) is 32.2 Å². The summed E-state index contributed by atoms with van der Waals surface area (Å²) in [5.41, 5.74) is 4.54. The van der Waals surface area contributed by atoms with Gasteiger partial charge in [0.05, 0.1) is 21.6 Å². The Morgan fingerprint density at radius 3 is 2.95 bits per heavy atom. The average molecular weight is 315 g/mol. The molecule has 1 unspecified atom stereocenters. The van der Waals surface area contributed by atoms with Crippen LogP contribution in [0.1, 0.15) is 35.5 Å². The smallest absolute Gasteiger partial charge is 0.142 e. The van der Waals surface area contributed by atoms with Gasteiger partial charge in [0.15, 0.2) is 0 Å². The van der Waals surface area contributed by atoms with Crippen molar-refractivity contribution in [3.8, 4) is 0 Å². The van der Waals surface area contributed by atoms with Crippen LogP contribution in [0.25, 0.3) is 0 Å². The Morgan fingerprint density at radius 1 is 1.50 bits per heavy atom. The number of nitrogens with two attached hydrogens (primary N) is 1. The Hall–Kier alpha value is -1.08. The second-order valence-electron chi connectivity index (χ2n) is 4.51. The van der Waals surface area contributed by atoms with Crippen LogP contribution in [0.4, 0.5) is 4.39 Å². The minimum Gasteiger partial charge on any atom is -0.271 e. The fourth-order valence-corrected chi connectivity index (χ4v) is 2.89. The van der Waals surface area contributed by atoms with E-state index in [1.54, 1.807) is 12.1 Å². The van der Waals surface area contributed by atoms with Crippen molar-refractivity contribution in [2.24, 2.45) is 5.84 Å². The topological polar surface area (TPSA) is 63.8 Å². The van der Waals surface area contributed by atoms with Crippen LogP contribution in [-0.2, 0) is 12.8 Å². The van der Waals surface area contributed by atoms with Crippen molar-refractivity contribution in [3.63, 3.8) is 0 Å². The van der Waals surface area contributed by atoms with E-state index in [0.717, 1.165) is 29.0 Å². The summed E-state index contributed by atoms with van der Waals surface area (Å²) in [6.45, 7) is 2.09. The quantitative estimate of drug-likeness (QED) is 0.635. The molecule has 2 aromatic rings. The number of benzene rings is 1. The summed E-state index contributed by atoms with van der Waals surface area (Å²) in [6, 6.07) is 4.65. The number of rotatable bonds is 6. The molecule has 0 aliphatic carbocycles. The maximum absolute atomic E-state index is 13.5. The predicted molar refractivity (Wildman–Crippen MR) is 79.1 cm³/mol. The second kappa shape index (κ2) is 7.08. The van der Waals surface area contributed by atoms with Crippen molar-refractivity contribution in [2.75, 3.05) is 0 Å². The highest BCUT2D eigenvalue weighted by molar-refractivity contribution is 7.05. The van der Waals surface area contributed by atoms with Gasteiger partial charge in [0.25, 0.3) is 0 Å². The third-order valence-electron chi connectivity index (χ3n) is 3.01. The molecule has 0 fully saturated rings. The molecule has 1 aromatic carbocycles. The van der Waals surface area contributed by atoms with E-state index in [9.17, 15) is 4.39 Å². The molecule has 3 N–H and O–H groups in total. The van der Waals surface area contributed by atoms with E-state index in [-0.39, 0.29) is 11.1 Å². The molecule has 0 saturated carbocycles. The highest BCUT2D eigenvalue weighted by Crippen LogP contribution is 2.25. The first-order valence-corrected chi connectivity index (χ1v) is 7.52. The molecule has 0 amide bonds. The number of aryl methyl sites for hydroxylation is 1. The van der Waals surface area contributed by atoms with E-state index in [2.05, 4.69) is 21.9 Å². The van der Waals surface area contributed by atoms with E-state index in [0.29, 0.717) is 6.42 Å². The Balaban J connectivity index is 2.19. The maximum Gasteiger partial charge on any atom is 0.142 e. The fourth-order valence-electron chi connectivity index (χ4n) is 2.02. The Labute approximate surface area is 126 Å². The van der Waals surface area contributed by atoms with Crippen LogP contribution in [0.3, 0.4) is 0 Å². The van der Waals surface area contributed by atoms with Gasteiger partial charge in [-0.1, -0.05) is 35.5 Å². The van der Waals surface area contributed by atoms with E-state index in [1.807, 2.05) is 0 Å². The van der Waals surface area contributed by atoms with Crippen molar-refractivity contribution >= 4 is 23.1 Å². The molecule has 20 heavy (non-hydrogen) atoms. The third kappa shape index (κ3) is 3.52. The zero-order chi connectivity index (χ0) is 14.5. The third-order valence-corrected chi connectivity index (χ3v) is 4.20. The van der Waals surface area contributed by atoms with Crippen LogP contribution < -0.4 is 11.3 Å². The highest BCUT2D eigenvalue weighted by Gasteiger charge is 2.18. The lowest BCUT2D eigenvalue weighted by molar-refractivity contribution is 0.550. The molecule has 0 radical (unpaired) electrons. The molecular formula is C13H16ClFN4S. The molecule has 108 valence electrons. The van der Waals surface area contributed by atoms with Crippen LogP contribution in [0.15, 0.2) is 18.2 Å². The van der Waals surface area contributed by atoms with Crippen LogP contribution in [0.2, 0.25) is 5.02 Å². The maximum atomic E-state index is 13.5. The number of hydrogen-bond donors (Lipinski definition) is 2. The van der Waals surface area contributed by atoms with Gasteiger partial charge < -0.3 is 0 Å². The minimum atomic E-state index is -0.420. The summed E-state index contributed by atoms with van der Waals surface area (Å²) in [4.78, 5) is 1.00. The first-order chi connectivity index (χ1) is 9.65. The molecule has 0 aliphatic rings. The number of hydrazine groups is 1. The Bertz CT molecular complexity index is 575. The van der Waals surface area contributed by atoms with Crippen LogP contribution in [-0.4, -0.2) is 9.59 Å². The standard InChI is InChI=1S/C13H16ClFN4S/c1-2-3-11-13(20-19-18-11)12(17-16)7-8-4-5-9(14)10(15)6-8/h4-6,12,17H,2-3,7,16H2,1H3. The summed E-state index contributed by atoms with van der Waals surface area (Å²) in [5.74, 6) is 5.21. The monoisotopic (exact) mass is 314 g/mol. The Kier molecular flexibility index (Phi) is 5.42. The summed E-state index contributed by atoms with van der Waals surface area (Å²) in [7, 11) is 0. The lowest BCUT2D eigenvalue weighted by Crippen LogP contribution is -2.29. The van der Waals surface area contributed by atoms with Crippen LogP contribution in [0.5, 0.6) is 0 Å². The first-order valence-electron chi connectivity index (χ1n) is 6.36. The normalized spacial score (nSPS) is 12.6. The van der Waals surface area contributed by atoms with Crippen LogP contribution >= 0.6 is 23.1 Å². The summed E-state index contributed by atoms with van der Waals surface area (Å²) < 4.78 is 17.5. The number of aromatic nitrogens is 2. The second-order valence-corrected chi connectivity index (χ2v) is 5.70. The van der Waals surface area contributed by atoms with Gasteiger partial charge in [0, 0.05) is 0 Å². The molecule has 0 spiro atoms. The van der Waals surface area contributed by atoms with Gasteiger partial charge >= 0.3 is 0 Å². The Morgan fingerprint density at radius 2 is 2.30 bits per heavy atom. The summed E-state index contributed by atoms with van der Waals surface area (Å²) in [6.07, 6.45) is 2.41. The molecule has 0 aliphatic heterocycles. The van der Waals surface area contributed by atoms with Crippen LogP contribution in [0, 0.1) is 5.82 Å². The van der Waals surface area contributed by atoms with Gasteiger partial charge in [-0.25, -0.2) is 4.39 Å². The van der Waals surface area contributed by atoms with Gasteiger partial charge in [-0.3, -0.25) is 11.3 Å². The van der Waals surface area contributed by atoms with Crippen molar-refractivity contribution in [1.82, 2.24) is 15.0 Å². The van der Waals surface area contributed by atoms with Gasteiger partial charge in [-0.2, -0.15) is 0 Å². The zero-order valence-electron chi connectivity index (χ0n) is 11.1. The fraction of sp³-hybridized carbons (Fsp3) is 0.385. The molecule has 1 atom stereocenters. The summed E-state index contributed by atoms with van der Waals surface area (Å²) in [5, 5.41) is 4.25. The van der Waals surface area contributed by atoms with Gasteiger partial charge in [0.2, 0.25) is 0 Å². The summed E-state index contributed by atoms with van der Waals surface area (Å²) >= 11 is 7.01. The van der Waals surface area contributed by atoms with E-state index in [1.165, 1.54) is 17.6 Å². The minimum absolute atomic E-state index is 0.122. The van der Waals surface area contributed by atoms with E-state index >= 15 is 0 Å². The number of nitrogens with zero attached hydrogens (tertiary/aromatic N) is 2. The molecule has 1 aromatic heterocycles. The first kappa shape index (κ1) is 15.3. The van der Waals surface area contributed by atoms with E-state index in [4.69, 9.17) is 17.4 Å². The number of hydrogen-bond acceptors (Lipinski definition) is 5. The molecule has 7 heteroatoms. The lowest BCUT2D eigenvalue weighted by atomic mass is 10.0. The molecule has 1 heterocycles. The largest absolute Gasteiger partial charge is 0.271 e. The molecular weight excluding hydrogens is 299 g/mol. The number of halogens is 2. The molecule has 2 rings (SSSR count). The predicted octanol–water partition coefficient (Wildman–Crippen LogP) is 3.03. The van der Waals surface area contributed by atoms with Gasteiger partial charge in [0.1, 0.15) is 5.82 Å². The molecule has 0 bridgehead atoms. The SMILES string of the molecule is CCCc1nnsc1C(Cc1ccc(Cl)c(F)c1)NN. The average Bonchev–Trinajstić information content (AvgIpc) is 2.88. The number of nitrogens with one attached hydrogen (secondary N) is 1. The van der Waals surface area contributed by atoms with Crippen molar-refractivity contribution in [3.05, 3.63) is 45.2 Å². The molecule has 4 nitrogen and oxygen atoms in total. The van der Waals surface area contributed by atoms with Crippen molar-refractivity contribution < 1.29 is 4.39 Å².